The molecule has 3 heterocycles. The number of carbonyl (C=O) groups excluding carboxylic acids is 1. The van der Waals surface area contributed by atoms with Crippen LogP contribution in [0.4, 0.5) is 5.69 Å². The van der Waals surface area contributed by atoms with Crippen LogP contribution in [0.5, 0.6) is 0 Å². The number of methoxy groups -OCH3 is 1. The Morgan fingerprint density at radius 1 is 1.31 bits per heavy atom. The highest BCUT2D eigenvalue weighted by atomic mass is 16.5. The average molecular weight is 350 g/mol. The second-order valence-corrected chi connectivity index (χ2v) is 6.64. The van der Waals surface area contributed by atoms with Gasteiger partial charge in [-0.25, -0.2) is 9.78 Å². The largest absolute Gasteiger partial charge is 0.464 e. The van der Waals surface area contributed by atoms with E-state index in [1.165, 1.54) is 23.8 Å². The molecular weight excluding hydrogens is 328 g/mol. The van der Waals surface area contributed by atoms with Crippen molar-refractivity contribution in [3.05, 3.63) is 65.1 Å². The summed E-state index contributed by atoms with van der Waals surface area (Å²) in [5.74, 6) is -0.383. The summed E-state index contributed by atoms with van der Waals surface area (Å²) in [6, 6.07) is 10.3. The highest BCUT2D eigenvalue weighted by Gasteiger charge is 2.19. The van der Waals surface area contributed by atoms with Crippen LogP contribution in [0.15, 0.2) is 42.7 Å². The number of benzene rings is 1. The first-order valence-electron chi connectivity index (χ1n) is 8.74. The van der Waals surface area contributed by atoms with Crippen LogP contribution in [0.25, 0.3) is 5.65 Å². The molecule has 1 aliphatic heterocycles. The Morgan fingerprint density at radius 2 is 2.19 bits per heavy atom. The van der Waals surface area contributed by atoms with Gasteiger partial charge in [0.25, 0.3) is 0 Å². The molecule has 0 atom stereocenters. The third kappa shape index (κ3) is 2.93. The van der Waals surface area contributed by atoms with Crippen LogP contribution < -0.4 is 5.32 Å². The van der Waals surface area contributed by atoms with Gasteiger partial charge in [0, 0.05) is 32.0 Å². The molecule has 1 aliphatic rings. The minimum Gasteiger partial charge on any atom is -0.464 e. The summed E-state index contributed by atoms with van der Waals surface area (Å²) in [5.41, 5.74) is 5.98. The quantitative estimate of drug-likeness (QED) is 0.733. The van der Waals surface area contributed by atoms with Crippen molar-refractivity contribution in [1.29, 1.82) is 0 Å². The normalized spacial score (nSPS) is 14.2. The summed E-state index contributed by atoms with van der Waals surface area (Å²) in [4.78, 5) is 18.9. The Morgan fingerprint density at radius 3 is 3.04 bits per heavy atom. The molecule has 0 fully saturated rings. The molecule has 0 radical (unpaired) electrons. The number of nitrogens with zero attached hydrogens (tertiary/aromatic N) is 3. The zero-order valence-electron chi connectivity index (χ0n) is 15.0. The van der Waals surface area contributed by atoms with E-state index in [1.807, 2.05) is 12.1 Å². The van der Waals surface area contributed by atoms with Crippen molar-refractivity contribution in [1.82, 2.24) is 14.3 Å². The number of esters is 1. The van der Waals surface area contributed by atoms with E-state index < -0.39 is 0 Å². The van der Waals surface area contributed by atoms with Gasteiger partial charge in [-0.2, -0.15) is 0 Å². The fraction of sp³-hybridized carbons (Fsp3) is 0.300. The first-order valence-corrected chi connectivity index (χ1v) is 8.74. The number of anilines is 1. The highest BCUT2D eigenvalue weighted by molar-refractivity contribution is 5.94. The lowest BCUT2D eigenvalue weighted by molar-refractivity contribution is 0.0593. The fourth-order valence-corrected chi connectivity index (χ4v) is 3.58. The predicted molar refractivity (Wildman–Crippen MR) is 100 cm³/mol. The van der Waals surface area contributed by atoms with E-state index in [9.17, 15) is 4.79 Å². The minimum absolute atomic E-state index is 0.383. The number of pyridine rings is 1. The van der Waals surface area contributed by atoms with Crippen LogP contribution in [0, 0.1) is 0 Å². The molecule has 6 heteroatoms. The Hall–Kier alpha value is -2.86. The molecule has 0 bridgehead atoms. The van der Waals surface area contributed by atoms with Crippen molar-refractivity contribution < 1.29 is 9.53 Å². The van der Waals surface area contributed by atoms with Crippen molar-refractivity contribution in [3.63, 3.8) is 0 Å². The molecule has 1 N–H and O–H groups in total. The van der Waals surface area contributed by atoms with Gasteiger partial charge in [0.05, 0.1) is 12.8 Å². The van der Waals surface area contributed by atoms with Gasteiger partial charge in [-0.1, -0.05) is 18.2 Å². The number of rotatable bonds is 4. The van der Waals surface area contributed by atoms with Crippen molar-refractivity contribution in [2.24, 2.45) is 0 Å². The second-order valence-electron chi connectivity index (χ2n) is 6.64. The first-order chi connectivity index (χ1) is 12.7. The van der Waals surface area contributed by atoms with Crippen LogP contribution >= 0.6 is 0 Å². The third-order valence-electron chi connectivity index (χ3n) is 4.97. The Balaban J connectivity index is 1.66. The molecule has 4 rings (SSSR count). The van der Waals surface area contributed by atoms with Gasteiger partial charge in [-0.15, -0.1) is 0 Å². The number of carbonyl (C=O) groups is 1. The molecule has 0 unspecified atom stereocenters. The molecule has 0 saturated carbocycles. The van der Waals surface area contributed by atoms with Gasteiger partial charge >= 0.3 is 5.97 Å². The molecular formula is C20H22N4O2. The van der Waals surface area contributed by atoms with Crippen LogP contribution in [-0.2, 0) is 24.2 Å². The van der Waals surface area contributed by atoms with Gasteiger partial charge < -0.3 is 15.0 Å². The lowest BCUT2D eigenvalue weighted by Crippen LogP contribution is -2.27. The summed E-state index contributed by atoms with van der Waals surface area (Å²) in [6.45, 7) is 2.70. The number of aromatic nitrogens is 2. The van der Waals surface area contributed by atoms with E-state index in [1.54, 1.807) is 16.8 Å². The maximum absolute atomic E-state index is 12.3. The maximum Gasteiger partial charge on any atom is 0.357 e. The monoisotopic (exact) mass is 350 g/mol. The number of fused-ring (bicyclic) bond motifs is 2. The molecule has 0 spiro atoms. The van der Waals surface area contributed by atoms with E-state index >= 15 is 0 Å². The molecule has 0 amide bonds. The van der Waals surface area contributed by atoms with Crippen LogP contribution in [0.3, 0.4) is 0 Å². The molecule has 0 aliphatic carbocycles. The van der Waals surface area contributed by atoms with Crippen molar-refractivity contribution in [2.75, 3.05) is 26.0 Å². The van der Waals surface area contributed by atoms with Crippen LogP contribution in [-0.4, -0.2) is 41.0 Å². The van der Waals surface area contributed by atoms with Gasteiger partial charge in [-0.05, 0) is 42.3 Å². The number of imidazole rings is 1. The minimum atomic E-state index is -0.383. The molecule has 134 valence electrons. The smallest absolute Gasteiger partial charge is 0.357 e. The zero-order valence-corrected chi connectivity index (χ0v) is 15.0. The SMILES string of the molecule is COC(=O)c1c(NCc2cccc3c2CN(C)CC3)ccc2nccn12. The Bertz CT molecular complexity index is 964. The standard InChI is InChI=1S/C20H22N4O2/c1-23-10-8-14-4-3-5-15(16(14)13-23)12-22-17-6-7-18-21-9-11-24(18)19(17)20(25)26-2/h3-7,9,11,22H,8,10,12-13H2,1-2H3. The van der Waals surface area contributed by atoms with Crippen molar-refractivity contribution >= 4 is 17.3 Å². The molecule has 1 aromatic carbocycles. The lowest BCUT2D eigenvalue weighted by atomic mass is 9.95. The maximum atomic E-state index is 12.3. The molecule has 0 saturated heterocycles. The summed E-state index contributed by atoms with van der Waals surface area (Å²) in [6.07, 6.45) is 4.52. The topological polar surface area (TPSA) is 58.9 Å². The van der Waals surface area contributed by atoms with E-state index in [2.05, 4.69) is 40.4 Å². The van der Waals surface area contributed by atoms with Crippen molar-refractivity contribution in [3.8, 4) is 0 Å². The number of hydrogen-bond acceptors (Lipinski definition) is 5. The van der Waals surface area contributed by atoms with Crippen molar-refractivity contribution in [2.45, 2.75) is 19.5 Å². The summed E-state index contributed by atoms with van der Waals surface area (Å²) in [5, 5.41) is 3.42. The van der Waals surface area contributed by atoms with Gasteiger partial charge in [0.1, 0.15) is 5.65 Å². The zero-order chi connectivity index (χ0) is 18.1. The van der Waals surface area contributed by atoms with E-state index in [0.29, 0.717) is 12.2 Å². The number of nitrogens with one attached hydrogen (secondary N) is 1. The summed E-state index contributed by atoms with van der Waals surface area (Å²) in [7, 11) is 3.54. The lowest BCUT2D eigenvalue weighted by Gasteiger charge is -2.27. The van der Waals surface area contributed by atoms with Gasteiger partial charge in [0.2, 0.25) is 0 Å². The predicted octanol–water partition coefficient (Wildman–Crippen LogP) is 2.72. The second kappa shape index (κ2) is 6.80. The summed E-state index contributed by atoms with van der Waals surface area (Å²) >= 11 is 0. The highest BCUT2D eigenvalue weighted by Crippen LogP contribution is 2.24. The molecule has 2 aromatic heterocycles. The van der Waals surface area contributed by atoms with Gasteiger partial charge in [0.15, 0.2) is 5.69 Å². The fourth-order valence-electron chi connectivity index (χ4n) is 3.58. The summed E-state index contributed by atoms with van der Waals surface area (Å²) < 4.78 is 6.73. The molecule has 3 aromatic rings. The Kier molecular flexibility index (Phi) is 4.34. The third-order valence-corrected chi connectivity index (χ3v) is 4.97. The molecule has 26 heavy (non-hydrogen) atoms. The number of likely N-dealkylation sites (N-methyl/N-ethyl adjacent to an activating group) is 1. The van der Waals surface area contributed by atoms with Gasteiger partial charge in [-0.3, -0.25) is 4.40 Å². The van der Waals surface area contributed by atoms with E-state index in [4.69, 9.17) is 4.74 Å². The number of ether oxygens (including phenoxy) is 1. The Labute approximate surface area is 152 Å². The first kappa shape index (κ1) is 16.6. The number of hydrogen-bond donors (Lipinski definition) is 1. The average Bonchev–Trinajstić information content (AvgIpc) is 3.14. The van der Waals surface area contributed by atoms with E-state index in [-0.39, 0.29) is 5.97 Å². The molecule has 6 nitrogen and oxygen atoms in total. The van der Waals surface area contributed by atoms with E-state index in [0.717, 1.165) is 30.8 Å². The van der Waals surface area contributed by atoms with Crippen LogP contribution in [0.1, 0.15) is 27.2 Å². The van der Waals surface area contributed by atoms with Crippen LogP contribution in [0.2, 0.25) is 0 Å².